The Hall–Kier alpha value is -2.13. The van der Waals surface area contributed by atoms with Crippen LogP contribution in [0.25, 0.3) is 11.4 Å². The third-order valence-corrected chi connectivity index (χ3v) is 4.24. The number of aliphatic imine (C=N–C) groups is 1. The molecule has 2 aromatic carbocycles. The highest BCUT2D eigenvalue weighted by Crippen LogP contribution is 2.19. The molecule has 1 N–H and O–H groups in total. The predicted molar refractivity (Wildman–Crippen MR) is 123 cm³/mol. The molecule has 0 aliphatic carbocycles. The zero-order valence-corrected chi connectivity index (χ0v) is 18.9. The molecular weight excluding hydrogens is 489 g/mol. The number of hydrogen-bond donors (Lipinski definition) is 1. The van der Waals surface area contributed by atoms with Gasteiger partial charge in [0.05, 0.1) is 0 Å². The monoisotopic (exact) mass is 511 g/mol. The van der Waals surface area contributed by atoms with Crippen LogP contribution < -0.4 is 5.32 Å². The Morgan fingerprint density at radius 2 is 1.96 bits per heavy atom. The first-order chi connectivity index (χ1) is 13.2. The first kappa shape index (κ1) is 22.2. The normalized spacial score (nSPS) is 11.0. The van der Waals surface area contributed by atoms with Crippen molar-refractivity contribution in [2.45, 2.75) is 13.0 Å². The third kappa shape index (κ3) is 6.20. The Morgan fingerprint density at radius 1 is 1.18 bits per heavy atom. The van der Waals surface area contributed by atoms with E-state index in [9.17, 15) is 0 Å². The van der Waals surface area contributed by atoms with Gasteiger partial charge in [-0.25, -0.2) is 0 Å². The minimum absolute atomic E-state index is 0. The molecule has 0 aliphatic rings. The van der Waals surface area contributed by atoms with Crippen LogP contribution in [0.4, 0.5) is 0 Å². The lowest BCUT2D eigenvalue weighted by Crippen LogP contribution is -2.39. The molecule has 0 bridgehead atoms. The molecule has 0 radical (unpaired) electrons. The molecular formula is C20H23ClIN5O. The molecule has 0 saturated heterocycles. The first-order valence-corrected chi connectivity index (χ1v) is 9.08. The Labute approximate surface area is 187 Å². The molecule has 28 heavy (non-hydrogen) atoms. The highest BCUT2D eigenvalue weighted by molar-refractivity contribution is 14.0. The van der Waals surface area contributed by atoms with Crippen LogP contribution in [-0.4, -0.2) is 41.6 Å². The maximum atomic E-state index is 6.01. The largest absolute Gasteiger partial charge is 0.356 e. The summed E-state index contributed by atoms with van der Waals surface area (Å²) in [4.78, 5) is 10.8. The third-order valence-electron chi connectivity index (χ3n) is 4.01. The smallest absolute Gasteiger partial charge is 0.228 e. The van der Waals surface area contributed by atoms with Crippen molar-refractivity contribution >= 4 is 41.5 Å². The van der Waals surface area contributed by atoms with Gasteiger partial charge in [-0.3, -0.25) is 4.99 Å². The fraction of sp³-hybridized carbons (Fsp3) is 0.250. The molecule has 1 aromatic heterocycles. The predicted octanol–water partition coefficient (Wildman–Crippen LogP) is 4.26. The molecule has 0 fully saturated rings. The average Bonchev–Trinajstić information content (AvgIpc) is 3.15. The van der Waals surface area contributed by atoms with Gasteiger partial charge in [0.15, 0.2) is 5.96 Å². The van der Waals surface area contributed by atoms with E-state index in [0.29, 0.717) is 29.7 Å². The van der Waals surface area contributed by atoms with Gasteiger partial charge in [0.2, 0.25) is 11.7 Å². The van der Waals surface area contributed by atoms with Crippen LogP contribution in [0.5, 0.6) is 0 Å². The Bertz CT molecular complexity index is 900. The van der Waals surface area contributed by atoms with E-state index < -0.39 is 0 Å². The molecule has 0 saturated carbocycles. The van der Waals surface area contributed by atoms with E-state index in [1.807, 2.05) is 49.5 Å². The van der Waals surface area contributed by atoms with Crippen LogP contribution in [0, 0.1) is 0 Å². The van der Waals surface area contributed by atoms with Crippen molar-refractivity contribution in [2.24, 2.45) is 4.99 Å². The molecule has 0 unspecified atom stereocenters. The number of nitrogens with zero attached hydrogens (tertiary/aromatic N) is 4. The lowest BCUT2D eigenvalue weighted by atomic mass is 10.2. The van der Waals surface area contributed by atoms with Crippen molar-refractivity contribution in [3.8, 4) is 11.4 Å². The van der Waals surface area contributed by atoms with Gasteiger partial charge in [-0.2, -0.15) is 4.98 Å². The molecule has 6 nitrogen and oxygen atoms in total. The fourth-order valence-corrected chi connectivity index (χ4v) is 2.89. The summed E-state index contributed by atoms with van der Waals surface area (Å²) in [6, 6.07) is 17.7. The number of guanidine groups is 1. The minimum Gasteiger partial charge on any atom is -0.356 e. The summed E-state index contributed by atoms with van der Waals surface area (Å²) in [5.74, 6) is 1.92. The Balaban J connectivity index is 0.00000280. The Kier molecular flexibility index (Phi) is 8.72. The van der Waals surface area contributed by atoms with Gasteiger partial charge >= 0.3 is 0 Å². The van der Waals surface area contributed by atoms with E-state index in [1.165, 1.54) is 5.56 Å². The number of rotatable bonds is 6. The topological polar surface area (TPSA) is 66.5 Å². The van der Waals surface area contributed by atoms with Gasteiger partial charge in [-0.15, -0.1) is 24.0 Å². The molecule has 148 valence electrons. The van der Waals surface area contributed by atoms with Gasteiger partial charge < -0.3 is 14.7 Å². The second kappa shape index (κ2) is 11.0. The van der Waals surface area contributed by atoms with Crippen LogP contribution in [0.1, 0.15) is 11.5 Å². The van der Waals surface area contributed by atoms with Crippen LogP contribution in [0.3, 0.4) is 0 Å². The number of halogens is 2. The summed E-state index contributed by atoms with van der Waals surface area (Å²) >= 11 is 6.01. The highest BCUT2D eigenvalue weighted by Gasteiger charge is 2.10. The molecule has 0 spiro atoms. The number of aromatic nitrogens is 2. The molecule has 0 amide bonds. The lowest BCUT2D eigenvalue weighted by Gasteiger charge is -2.21. The second-order valence-corrected chi connectivity index (χ2v) is 6.52. The second-order valence-electron chi connectivity index (χ2n) is 6.09. The van der Waals surface area contributed by atoms with Crippen LogP contribution in [0.2, 0.25) is 5.02 Å². The summed E-state index contributed by atoms with van der Waals surface area (Å²) < 4.78 is 5.33. The SMILES string of the molecule is CN=C(NCCc1nc(-c2cccc(Cl)c2)no1)N(C)Cc1ccccc1.I. The van der Waals surface area contributed by atoms with Crippen molar-refractivity contribution in [3.05, 3.63) is 71.1 Å². The zero-order valence-electron chi connectivity index (χ0n) is 15.8. The van der Waals surface area contributed by atoms with E-state index >= 15 is 0 Å². The van der Waals surface area contributed by atoms with E-state index in [4.69, 9.17) is 16.1 Å². The standard InChI is InChI=1S/C20H22ClN5O.HI/c1-22-20(26(2)14-15-7-4-3-5-8-15)23-12-11-18-24-19(25-27-18)16-9-6-10-17(21)13-16;/h3-10,13H,11-12,14H2,1-2H3,(H,22,23);1H. The van der Waals surface area contributed by atoms with Crippen molar-refractivity contribution in [3.63, 3.8) is 0 Å². The van der Waals surface area contributed by atoms with Gasteiger partial charge in [0.25, 0.3) is 0 Å². The van der Waals surface area contributed by atoms with Gasteiger partial charge in [-0.1, -0.05) is 59.2 Å². The van der Waals surface area contributed by atoms with Gasteiger partial charge in [-0.05, 0) is 17.7 Å². The number of benzene rings is 2. The summed E-state index contributed by atoms with van der Waals surface area (Å²) in [5.41, 5.74) is 2.06. The van der Waals surface area contributed by atoms with Crippen molar-refractivity contribution < 1.29 is 4.52 Å². The van der Waals surface area contributed by atoms with Crippen molar-refractivity contribution in [1.29, 1.82) is 0 Å². The minimum atomic E-state index is 0. The number of nitrogens with one attached hydrogen (secondary N) is 1. The van der Waals surface area contributed by atoms with E-state index in [-0.39, 0.29) is 24.0 Å². The van der Waals surface area contributed by atoms with Crippen LogP contribution in [0.15, 0.2) is 64.1 Å². The van der Waals surface area contributed by atoms with Gasteiger partial charge in [0.1, 0.15) is 0 Å². The van der Waals surface area contributed by atoms with Crippen LogP contribution in [-0.2, 0) is 13.0 Å². The van der Waals surface area contributed by atoms with Crippen LogP contribution >= 0.6 is 35.6 Å². The van der Waals surface area contributed by atoms with E-state index in [1.54, 1.807) is 7.05 Å². The zero-order chi connectivity index (χ0) is 19.1. The lowest BCUT2D eigenvalue weighted by molar-refractivity contribution is 0.377. The maximum Gasteiger partial charge on any atom is 0.228 e. The molecule has 0 aliphatic heterocycles. The Morgan fingerprint density at radius 3 is 2.68 bits per heavy atom. The number of hydrogen-bond acceptors (Lipinski definition) is 4. The molecule has 8 heteroatoms. The first-order valence-electron chi connectivity index (χ1n) is 8.70. The summed E-state index contributed by atoms with van der Waals surface area (Å²) in [5, 5.41) is 7.99. The molecule has 3 aromatic rings. The maximum absolute atomic E-state index is 6.01. The molecule has 3 rings (SSSR count). The summed E-state index contributed by atoms with van der Waals surface area (Å²) in [6.07, 6.45) is 0.603. The van der Waals surface area contributed by atoms with Crippen molar-refractivity contribution in [2.75, 3.05) is 20.6 Å². The highest BCUT2D eigenvalue weighted by atomic mass is 127. The summed E-state index contributed by atoms with van der Waals surface area (Å²) in [6.45, 7) is 1.42. The van der Waals surface area contributed by atoms with E-state index in [2.05, 4.69) is 37.5 Å². The van der Waals surface area contributed by atoms with E-state index in [0.717, 1.165) is 18.1 Å². The molecule has 0 atom stereocenters. The average molecular weight is 512 g/mol. The van der Waals surface area contributed by atoms with Crippen molar-refractivity contribution in [1.82, 2.24) is 20.4 Å². The summed E-state index contributed by atoms with van der Waals surface area (Å²) in [7, 11) is 3.78. The quantitative estimate of drug-likeness (QED) is 0.304. The fourth-order valence-electron chi connectivity index (χ4n) is 2.70. The molecule has 1 heterocycles. The van der Waals surface area contributed by atoms with Gasteiger partial charge in [0, 0.05) is 44.2 Å².